The van der Waals surface area contributed by atoms with Crippen molar-refractivity contribution in [3.05, 3.63) is 27.7 Å². The monoisotopic (exact) mass is 430 g/mol. The van der Waals surface area contributed by atoms with Gasteiger partial charge in [0.1, 0.15) is 0 Å². The molecule has 1 aromatic rings. The van der Waals surface area contributed by atoms with E-state index in [-0.39, 0.29) is 28.7 Å². The summed E-state index contributed by atoms with van der Waals surface area (Å²) in [5.41, 5.74) is 3.02. The van der Waals surface area contributed by atoms with Gasteiger partial charge in [-0.05, 0) is 37.1 Å². The Balaban J connectivity index is 2.12. The lowest BCUT2D eigenvalue weighted by Crippen LogP contribution is -2.38. The quantitative estimate of drug-likeness (QED) is 0.720. The summed E-state index contributed by atoms with van der Waals surface area (Å²) < 4.78 is 25.1. The Morgan fingerprint density at radius 1 is 1.33 bits per heavy atom. The van der Waals surface area contributed by atoms with E-state index >= 15 is 0 Å². The molecule has 0 unspecified atom stereocenters. The average molecular weight is 431 g/mol. The lowest BCUT2D eigenvalue weighted by molar-refractivity contribution is -0.117. The smallest absolute Gasteiger partial charge is 0.247 e. The number of nitrogens with zero attached hydrogens (tertiary/aromatic N) is 2. The Hall–Kier alpha value is -0.860. The molecule has 130 valence electrons. The van der Waals surface area contributed by atoms with E-state index in [0.717, 1.165) is 21.3 Å². The number of carbonyl (C=O) groups is 1. The van der Waals surface area contributed by atoms with E-state index in [0.29, 0.717) is 11.6 Å². The van der Waals surface area contributed by atoms with Crippen LogP contribution in [0.25, 0.3) is 0 Å². The highest BCUT2D eigenvalue weighted by atomic mass is 79.9. The summed E-state index contributed by atoms with van der Waals surface area (Å²) in [7, 11) is -3.05. The molecule has 0 spiro atoms. The third-order valence-electron chi connectivity index (χ3n) is 4.29. The van der Waals surface area contributed by atoms with Gasteiger partial charge in [-0.2, -0.15) is 4.99 Å². The maximum atomic E-state index is 12.1. The van der Waals surface area contributed by atoms with Gasteiger partial charge in [0.05, 0.1) is 17.5 Å². The fraction of sp³-hybridized carbons (Fsp3) is 0.500. The number of aliphatic imine (C=N–C) groups is 1. The Kier molecular flexibility index (Phi) is 4.83. The Morgan fingerprint density at radius 3 is 2.54 bits per heavy atom. The highest BCUT2D eigenvalue weighted by Gasteiger charge is 2.49. The van der Waals surface area contributed by atoms with Crippen molar-refractivity contribution < 1.29 is 13.2 Å². The molecule has 2 atom stereocenters. The van der Waals surface area contributed by atoms with Crippen LogP contribution >= 0.6 is 27.7 Å². The van der Waals surface area contributed by atoms with Crippen molar-refractivity contribution in [2.24, 2.45) is 4.99 Å². The predicted octanol–water partition coefficient (Wildman–Crippen LogP) is 3.08. The van der Waals surface area contributed by atoms with Crippen molar-refractivity contribution in [3.63, 3.8) is 0 Å². The number of rotatable bonds is 2. The molecule has 0 bridgehead atoms. The molecule has 2 heterocycles. The molecular formula is C16H19BrN2O3S2. The largest absolute Gasteiger partial charge is 0.315 e. The van der Waals surface area contributed by atoms with Crippen LogP contribution in [-0.4, -0.2) is 42.3 Å². The lowest BCUT2D eigenvalue weighted by Gasteiger charge is -2.28. The Morgan fingerprint density at radius 2 is 1.96 bits per heavy atom. The van der Waals surface area contributed by atoms with Gasteiger partial charge in [0.2, 0.25) is 5.91 Å². The van der Waals surface area contributed by atoms with Crippen LogP contribution in [0.4, 0.5) is 5.69 Å². The molecule has 0 saturated carbocycles. The van der Waals surface area contributed by atoms with Crippen LogP contribution in [0, 0.1) is 13.8 Å². The molecular weight excluding hydrogens is 412 g/mol. The summed E-state index contributed by atoms with van der Waals surface area (Å²) in [4.78, 5) is 18.1. The van der Waals surface area contributed by atoms with E-state index in [1.54, 1.807) is 6.92 Å². The topological polar surface area (TPSA) is 66.8 Å². The second-order valence-corrected chi connectivity index (χ2v) is 10.5. The van der Waals surface area contributed by atoms with E-state index in [1.807, 2.05) is 30.9 Å². The van der Waals surface area contributed by atoms with Gasteiger partial charge in [-0.1, -0.05) is 34.6 Å². The zero-order valence-corrected chi connectivity index (χ0v) is 17.0. The maximum absolute atomic E-state index is 12.1. The molecule has 0 N–H and O–H groups in total. The number of benzene rings is 1. The lowest BCUT2D eigenvalue weighted by atomic mass is 10.1. The minimum Gasteiger partial charge on any atom is -0.315 e. The molecule has 0 aromatic heterocycles. The van der Waals surface area contributed by atoms with Crippen LogP contribution in [0.15, 0.2) is 21.6 Å². The van der Waals surface area contributed by atoms with Gasteiger partial charge in [-0.3, -0.25) is 4.79 Å². The first-order valence-electron chi connectivity index (χ1n) is 7.76. The number of aryl methyl sites for hydroxylation is 2. The van der Waals surface area contributed by atoms with Crippen molar-refractivity contribution in [2.45, 2.75) is 38.5 Å². The number of amides is 1. The highest BCUT2D eigenvalue weighted by molar-refractivity contribution is 9.10. The van der Waals surface area contributed by atoms with Crippen LogP contribution in [0.5, 0.6) is 0 Å². The van der Waals surface area contributed by atoms with E-state index in [4.69, 9.17) is 0 Å². The van der Waals surface area contributed by atoms with Crippen molar-refractivity contribution in [3.8, 4) is 0 Å². The first-order valence-corrected chi connectivity index (χ1v) is 11.3. The predicted molar refractivity (Wildman–Crippen MR) is 103 cm³/mol. The first-order chi connectivity index (χ1) is 11.2. The summed E-state index contributed by atoms with van der Waals surface area (Å²) >= 11 is 4.91. The molecule has 0 aliphatic carbocycles. The number of halogens is 1. The second-order valence-electron chi connectivity index (χ2n) is 6.20. The molecule has 2 aliphatic heterocycles. The number of thioether (sulfide) groups is 1. The van der Waals surface area contributed by atoms with E-state index < -0.39 is 9.84 Å². The summed E-state index contributed by atoms with van der Waals surface area (Å²) in [6.07, 6.45) is 0.337. The third kappa shape index (κ3) is 3.28. The zero-order valence-electron chi connectivity index (χ0n) is 13.7. The Labute approximate surface area is 155 Å². The zero-order chi connectivity index (χ0) is 17.6. The molecule has 2 aliphatic rings. The van der Waals surface area contributed by atoms with Gasteiger partial charge in [0.25, 0.3) is 0 Å². The van der Waals surface area contributed by atoms with Gasteiger partial charge in [0.15, 0.2) is 15.0 Å². The van der Waals surface area contributed by atoms with Crippen LogP contribution in [-0.2, 0) is 14.6 Å². The number of hydrogen-bond acceptors (Lipinski definition) is 4. The average Bonchev–Trinajstić information content (AvgIpc) is 2.90. The minimum atomic E-state index is -3.05. The molecule has 0 radical (unpaired) electrons. The number of amidine groups is 1. The summed E-state index contributed by atoms with van der Waals surface area (Å²) in [5, 5.41) is 0.557. The Bertz CT molecular complexity index is 813. The molecule has 1 amide bonds. The summed E-state index contributed by atoms with van der Waals surface area (Å²) in [6, 6.07) is 3.84. The van der Waals surface area contributed by atoms with Gasteiger partial charge >= 0.3 is 0 Å². The SMILES string of the molecule is CCC(=O)N=C1S[C@H]2CS(=O)(=O)C[C@@H]2N1c1c(C)cc(Br)cc1C. The van der Waals surface area contributed by atoms with Gasteiger partial charge in [-0.15, -0.1) is 0 Å². The van der Waals surface area contributed by atoms with Crippen LogP contribution in [0.3, 0.4) is 0 Å². The fourth-order valence-electron chi connectivity index (χ4n) is 3.29. The van der Waals surface area contributed by atoms with E-state index in [1.165, 1.54) is 11.8 Å². The molecule has 24 heavy (non-hydrogen) atoms. The standard InChI is InChI=1S/C16H19BrN2O3S2/c1-4-14(20)18-16-19(12-7-24(21,22)8-13(12)23-16)15-9(2)5-11(17)6-10(15)3/h5-6,12-13H,4,7-8H2,1-3H3/t12-,13-/m0/s1. The maximum Gasteiger partial charge on any atom is 0.247 e. The van der Waals surface area contributed by atoms with Gasteiger partial charge in [0, 0.05) is 21.8 Å². The molecule has 8 heteroatoms. The van der Waals surface area contributed by atoms with Crippen LogP contribution < -0.4 is 4.90 Å². The minimum absolute atomic E-state index is 0.0687. The van der Waals surface area contributed by atoms with Crippen LogP contribution in [0.1, 0.15) is 24.5 Å². The fourth-order valence-corrected chi connectivity index (χ4v) is 7.90. The first kappa shape index (κ1) is 17.9. The molecule has 1 aromatic carbocycles. The van der Waals surface area contributed by atoms with Crippen molar-refractivity contribution in [1.29, 1.82) is 0 Å². The van der Waals surface area contributed by atoms with Gasteiger partial charge < -0.3 is 4.90 Å². The number of fused-ring (bicyclic) bond motifs is 1. The summed E-state index contributed by atoms with van der Waals surface area (Å²) in [5.74, 6) is 0.0731. The van der Waals surface area contributed by atoms with Crippen molar-refractivity contribution in [1.82, 2.24) is 0 Å². The molecule has 3 rings (SSSR count). The van der Waals surface area contributed by atoms with E-state index in [2.05, 4.69) is 20.9 Å². The second kappa shape index (κ2) is 6.46. The number of anilines is 1. The normalized spacial score (nSPS) is 26.8. The number of hydrogen-bond donors (Lipinski definition) is 0. The van der Waals surface area contributed by atoms with Crippen molar-refractivity contribution in [2.75, 3.05) is 16.4 Å². The third-order valence-corrected chi connectivity index (χ3v) is 7.95. The number of sulfone groups is 1. The van der Waals surface area contributed by atoms with Gasteiger partial charge in [-0.25, -0.2) is 8.42 Å². The van der Waals surface area contributed by atoms with Crippen LogP contribution in [0.2, 0.25) is 0 Å². The molecule has 5 nitrogen and oxygen atoms in total. The highest BCUT2D eigenvalue weighted by Crippen LogP contribution is 2.43. The summed E-state index contributed by atoms with van der Waals surface area (Å²) in [6.45, 7) is 5.76. The van der Waals surface area contributed by atoms with E-state index in [9.17, 15) is 13.2 Å². The van der Waals surface area contributed by atoms with Crippen molar-refractivity contribution >= 4 is 54.3 Å². The number of carbonyl (C=O) groups excluding carboxylic acids is 1. The molecule has 2 fully saturated rings. The molecule has 2 saturated heterocycles.